The summed E-state index contributed by atoms with van der Waals surface area (Å²) in [6, 6.07) is 0.537. The quantitative estimate of drug-likeness (QED) is 0.638. The Bertz CT molecular complexity index is 410. The van der Waals surface area contributed by atoms with Gasteiger partial charge in [-0.05, 0) is 32.3 Å². The van der Waals surface area contributed by atoms with Crippen LogP contribution in [-0.2, 0) is 4.74 Å². The number of hydrogen-bond acceptors (Lipinski definition) is 3. The van der Waals surface area contributed by atoms with Crippen LogP contribution in [0.25, 0.3) is 0 Å². The third-order valence-corrected chi connectivity index (χ3v) is 3.97. The summed E-state index contributed by atoms with van der Waals surface area (Å²) in [5.74, 6) is 0. The molecule has 0 aliphatic carbocycles. The van der Waals surface area contributed by atoms with Gasteiger partial charge in [-0.15, -0.1) is 0 Å². The molecular weight excluding hydrogens is 212 g/mol. The number of nitrogens with zero attached hydrogens (tertiary/aromatic N) is 2. The number of ether oxygens (including phenoxy) is 1. The van der Waals surface area contributed by atoms with E-state index in [1.54, 1.807) is 0 Å². The van der Waals surface area contributed by atoms with Crippen molar-refractivity contribution in [2.45, 2.75) is 39.0 Å². The molecule has 2 saturated heterocycles. The Kier molecular flexibility index (Phi) is 2.51. The highest BCUT2D eigenvalue weighted by molar-refractivity contribution is 5.38. The lowest BCUT2D eigenvalue weighted by atomic mass is 9.99. The topological polar surface area (TPSA) is 15.7 Å². The van der Waals surface area contributed by atoms with Crippen LogP contribution in [0.1, 0.15) is 26.7 Å². The molecule has 3 heteroatoms. The second-order valence-corrected chi connectivity index (χ2v) is 5.19. The van der Waals surface area contributed by atoms with Crippen LogP contribution in [0, 0.1) is 0 Å². The van der Waals surface area contributed by atoms with Crippen molar-refractivity contribution in [2.75, 3.05) is 13.2 Å². The van der Waals surface area contributed by atoms with Crippen molar-refractivity contribution >= 4 is 0 Å². The van der Waals surface area contributed by atoms with E-state index < -0.39 is 0 Å². The van der Waals surface area contributed by atoms with Gasteiger partial charge in [-0.25, -0.2) is 0 Å². The molecule has 2 fully saturated rings. The Hall–Kier alpha value is -1.22. The minimum Gasteiger partial charge on any atom is -0.356 e. The first kappa shape index (κ1) is 10.9. The molecule has 0 saturated carbocycles. The lowest BCUT2D eigenvalue weighted by Crippen LogP contribution is -2.56. The predicted molar refractivity (Wildman–Crippen MR) is 68.0 cm³/mol. The second-order valence-electron chi connectivity index (χ2n) is 5.19. The van der Waals surface area contributed by atoms with Gasteiger partial charge in [-0.1, -0.05) is 12.7 Å². The smallest absolute Gasteiger partial charge is 0.148 e. The van der Waals surface area contributed by atoms with Crippen molar-refractivity contribution in [1.82, 2.24) is 9.80 Å². The molecule has 0 N–H and O–H groups in total. The summed E-state index contributed by atoms with van der Waals surface area (Å²) in [7, 11) is 0. The van der Waals surface area contributed by atoms with E-state index in [0.29, 0.717) is 6.04 Å². The number of hydrogen-bond donors (Lipinski definition) is 0. The zero-order chi connectivity index (χ0) is 12.0. The Labute approximate surface area is 103 Å². The average Bonchev–Trinajstić information content (AvgIpc) is 2.28. The average molecular weight is 232 g/mol. The van der Waals surface area contributed by atoms with Crippen molar-refractivity contribution in [3.63, 3.8) is 0 Å². The highest BCUT2D eigenvalue weighted by Crippen LogP contribution is 2.36. The fourth-order valence-electron chi connectivity index (χ4n) is 3.09. The van der Waals surface area contributed by atoms with Crippen molar-refractivity contribution in [1.29, 1.82) is 0 Å². The Balaban J connectivity index is 1.97. The van der Waals surface area contributed by atoms with E-state index in [4.69, 9.17) is 4.74 Å². The summed E-state index contributed by atoms with van der Waals surface area (Å²) < 4.78 is 5.87. The second kappa shape index (κ2) is 3.91. The molecule has 92 valence electrons. The minimum atomic E-state index is 0.172. The van der Waals surface area contributed by atoms with Crippen molar-refractivity contribution in [3.8, 4) is 0 Å². The summed E-state index contributed by atoms with van der Waals surface area (Å²) in [6.45, 7) is 10.6. The number of fused-ring (bicyclic) bond motifs is 2. The fraction of sp³-hybridized carbons (Fsp3) is 0.571. The van der Waals surface area contributed by atoms with Crippen LogP contribution >= 0.6 is 0 Å². The Morgan fingerprint density at radius 1 is 1.47 bits per heavy atom. The number of piperazine rings is 1. The molecule has 17 heavy (non-hydrogen) atoms. The first-order valence-corrected chi connectivity index (χ1v) is 6.40. The van der Waals surface area contributed by atoms with E-state index in [1.807, 2.05) is 0 Å². The third kappa shape index (κ3) is 1.61. The highest BCUT2D eigenvalue weighted by Gasteiger charge is 2.38. The van der Waals surface area contributed by atoms with Gasteiger partial charge < -0.3 is 14.5 Å². The van der Waals surface area contributed by atoms with Gasteiger partial charge in [0.05, 0.1) is 24.5 Å². The molecule has 0 amide bonds. The largest absolute Gasteiger partial charge is 0.356 e. The van der Waals surface area contributed by atoms with Crippen molar-refractivity contribution in [3.05, 3.63) is 35.8 Å². The molecule has 3 aliphatic rings. The molecule has 0 bridgehead atoms. The zero-order valence-corrected chi connectivity index (χ0v) is 10.6. The summed E-state index contributed by atoms with van der Waals surface area (Å²) in [5.41, 5.74) is 3.85. The minimum absolute atomic E-state index is 0.172. The molecule has 0 radical (unpaired) electrons. The van der Waals surface area contributed by atoms with Crippen LogP contribution in [0.15, 0.2) is 35.8 Å². The predicted octanol–water partition coefficient (Wildman–Crippen LogP) is 2.44. The molecule has 0 aromatic heterocycles. The van der Waals surface area contributed by atoms with Crippen LogP contribution in [-0.4, -0.2) is 35.2 Å². The number of allylic oxidation sites excluding steroid dienone is 2. The van der Waals surface area contributed by atoms with Gasteiger partial charge in [0.25, 0.3) is 0 Å². The summed E-state index contributed by atoms with van der Waals surface area (Å²) in [4.78, 5) is 4.65. The Morgan fingerprint density at radius 2 is 2.29 bits per heavy atom. The van der Waals surface area contributed by atoms with Gasteiger partial charge in [0.2, 0.25) is 0 Å². The van der Waals surface area contributed by atoms with Crippen LogP contribution in [0.4, 0.5) is 0 Å². The first-order valence-electron chi connectivity index (χ1n) is 6.40. The van der Waals surface area contributed by atoms with E-state index in [2.05, 4.69) is 42.5 Å². The lowest BCUT2D eigenvalue weighted by molar-refractivity contribution is -0.118. The third-order valence-electron chi connectivity index (χ3n) is 3.97. The van der Waals surface area contributed by atoms with Gasteiger partial charge in [0.15, 0.2) is 0 Å². The SMILES string of the molecule is C=C1C2=C(C)CC=CN2C[C@@H]2OCC[C@@H](C)N12. The fourth-order valence-corrected chi connectivity index (χ4v) is 3.09. The van der Waals surface area contributed by atoms with Crippen LogP contribution < -0.4 is 0 Å². The molecule has 0 spiro atoms. The standard InChI is InChI=1S/C14H20N2O/c1-10-5-4-7-15-9-13-16(12(3)14(10)15)11(2)6-8-17-13/h4,7,11,13H,3,5-6,8-9H2,1-2H3/t11-,13+/m1/s1. The van der Waals surface area contributed by atoms with Crippen molar-refractivity contribution in [2.24, 2.45) is 0 Å². The van der Waals surface area contributed by atoms with Crippen molar-refractivity contribution < 1.29 is 4.74 Å². The van der Waals surface area contributed by atoms with Gasteiger partial charge in [-0.3, -0.25) is 0 Å². The highest BCUT2D eigenvalue weighted by atomic mass is 16.5. The molecule has 3 aliphatic heterocycles. The van der Waals surface area contributed by atoms with Gasteiger partial charge in [0, 0.05) is 12.2 Å². The molecular formula is C14H20N2O. The Morgan fingerprint density at radius 3 is 3.12 bits per heavy atom. The summed E-state index contributed by atoms with van der Waals surface area (Å²) >= 11 is 0. The maximum Gasteiger partial charge on any atom is 0.148 e. The lowest BCUT2D eigenvalue weighted by Gasteiger charge is -2.51. The van der Waals surface area contributed by atoms with E-state index in [0.717, 1.165) is 31.7 Å². The van der Waals surface area contributed by atoms with Gasteiger partial charge in [0.1, 0.15) is 6.23 Å². The summed E-state index contributed by atoms with van der Waals surface area (Å²) in [5, 5.41) is 0. The molecule has 2 atom stereocenters. The maximum atomic E-state index is 5.87. The van der Waals surface area contributed by atoms with E-state index in [-0.39, 0.29) is 6.23 Å². The summed E-state index contributed by atoms with van der Waals surface area (Å²) in [6.07, 6.45) is 6.70. The molecule has 3 rings (SSSR count). The van der Waals surface area contributed by atoms with Crippen LogP contribution in [0.2, 0.25) is 0 Å². The van der Waals surface area contributed by atoms with Crippen LogP contribution in [0.3, 0.4) is 0 Å². The molecule has 3 nitrogen and oxygen atoms in total. The monoisotopic (exact) mass is 232 g/mol. The molecule has 3 heterocycles. The van der Waals surface area contributed by atoms with E-state index in [9.17, 15) is 0 Å². The first-order chi connectivity index (χ1) is 8.18. The van der Waals surface area contributed by atoms with E-state index >= 15 is 0 Å². The van der Waals surface area contributed by atoms with E-state index in [1.165, 1.54) is 11.3 Å². The zero-order valence-electron chi connectivity index (χ0n) is 10.6. The maximum absolute atomic E-state index is 5.87. The normalized spacial score (nSPS) is 32.7. The molecule has 0 aromatic rings. The molecule has 0 aromatic carbocycles. The number of rotatable bonds is 0. The van der Waals surface area contributed by atoms with Gasteiger partial charge >= 0.3 is 0 Å². The molecule has 0 unspecified atom stereocenters. The van der Waals surface area contributed by atoms with Crippen LogP contribution in [0.5, 0.6) is 0 Å². The van der Waals surface area contributed by atoms with Gasteiger partial charge in [-0.2, -0.15) is 0 Å².